The van der Waals surface area contributed by atoms with Gasteiger partial charge in [-0.1, -0.05) is 43.2 Å². The average molecular weight is 290 g/mol. The second kappa shape index (κ2) is 6.39. The Labute approximate surface area is 122 Å². The predicted molar refractivity (Wildman–Crippen MR) is 75.3 cm³/mol. The van der Waals surface area contributed by atoms with Crippen LogP contribution < -0.4 is 11.1 Å². The van der Waals surface area contributed by atoms with Gasteiger partial charge in [0.25, 0.3) is 5.91 Å². The van der Waals surface area contributed by atoms with Crippen LogP contribution in [0.25, 0.3) is 0 Å². The van der Waals surface area contributed by atoms with Crippen LogP contribution in [-0.2, 0) is 19.7 Å². The number of primary amides is 1. The van der Waals surface area contributed by atoms with Crippen molar-refractivity contribution >= 4 is 17.9 Å². The molecule has 3 amide bonds. The molecule has 0 radical (unpaired) electrons. The summed E-state index contributed by atoms with van der Waals surface area (Å²) in [5.74, 6) is -1.15. The molecule has 0 spiro atoms. The van der Waals surface area contributed by atoms with E-state index in [0.717, 1.165) is 18.4 Å². The number of carbonyl (C=O) groups is 3. The van der Waals surface area contributed by atoms with Gasteiger partial charge in [-0.3, -0.25) is 14.9 Å². The number of urea groups is 1. The molecular formula is C15H18N2O4. The van der Waals surface area contributed by atoms with Crippen LogP contribution in [0, 0.1) is 0 Å². The summed E-state index contributed by atoms with van der Waals surface area (Å²) < 4.78 is 5.09. The maximum Gasteiger partial charge on any atom is 0.318 e. The van der Waals surface area contributed by atoms with Gasteiger partial charge >= 0.3 is 12.0 Å². The number of rotatable bonds is 4. The van der Waals surface area contributed by atoms with Gasteiger partial charge in [0.15, 0.2) is 6.61 Å². The molecule has 0 unspecified atom stereocenters. The number of nitrogens with one attached hydrogen (secondary N) is 1. The third kappa shape index (κ3) is 3.39. The van der Waals surface area contributed by atoms with Crippen molar-refractivity contribution in [1.82, 2.24) is 5.32 Å². The zero-order valence-corrected chi connectivity index (χ0v) is 11.6. The van der Waals surface area contributed by atoms with Crippen LogP contribution in [0.1, 0.15) is 31.2 Å². The quantitative estimate of drug-likeness (QED) is 0.815. The number of imide groups is 1. The van der Waals surface area contributed by atoms with Crippen LogP contribution in [0.2, 0.25) is 0 Å². The fourth-order valence-electron chi connectivity index (χ4n) is 2.79. The molecule has 1 saturated carbocycles. The van der Waals surface area contributed by atoms with E-state index in [4.69, 9.17) is 10.5 Å². The Bertz CT molecular complexity index is 536. The molecule has 112 valence electrons. The van der Waals surface area contributed by atoms with Gasteiger partial charge in [-0.15, -0.1) is 0 Å². The molecule has 3 N–H and O–H groups in total. The minimum Gasteiger partial charge on any atom is -0.455 e. The molecule has 0 heterocycles. The Morgan fingerprint density at radius 3 is 2.33 bits per heavy atom. The van der Waals surface area contributed by atoms with Crippen molar-refractivity contribution in [2.75, 3.05) is 6.61 Å². The lowest BCUT2D eigenvalue weighted by Gasteiger charge is -2.27. The first kappa shape index (κ1) is 15.0. The van der Waals surface area contributed by atoms with E-state index in [1.54, 1.807) is 0 Å². The minimum atomic E-state index is -0.963. The van der Waals surface area contributed by atoms with Gasteiger partial charge < -0.3 is 10.5 Å². The highest BCUT2D eigenvalue weighted by Gasteiger charge is 2.44. The summed E-state index contributed by atoms with van der Waals surface area (Å²) in [6, 6.07) is 8.48. The smallest absolute Gasteiger partial charge is 0.318 e. The van der Waals surface area contributed by atoms with Gasteiger partial charge in [-0.25, -0.2) is 4.79 Å². The van der Waals surface area contributed by atoms with E-state index in [9.17, 15) is 14.4 Å². The lowest BCUT2D eigenvalue weighted by Crippen LogP contribution is -2.40. The summed E-state index contributed by atoms with van der Waals surface area (Å²) in [6.45, 7) is -0.504. The van der Waals surface area contributed by atoms with Crippen LogP contribution in [0.4, 0.5) is 4.79 Å². The lowest BCUT2D eigenvalue weighted by atomic mass is 9.79. The maximum atomic E-state index is 12.4. The molecule has 0 aromatic heterocycles. The van der Waals surface area contributed by atoms with E-state index in [-0.39, 0.29) is 0 Å². The molecule has 1 aromatic rings. The van der Waals surface area contributed by atoms with Gasteiger partial charge in [0, 0.05) is 0 Å². The fraction of sp³-hybridized carbons (Fsp3) is 0.400. The molecule has 6 nitrogen and oxygen atoms in total. The summed E-state index contributed by atoms with van der Waals surface area (Å²) in [7, 11) is 0. The molecule has 1 aromatic carbocycles. The molecule has 0 aliphatic heterocycles. The van der Waals surface area contributed by atoms with Gasteiger partial charge in [0.1, 0.15) is 0 Å². The number of ether oxygens (including phenoxy) is 1. The summed E-state index contributed by atoms with van der Waals surface area (Å²) in [5, 5.41) is 1.86. The number of nitrogens with two attached hydrogens (primary N) is 1. The number of esters is 1. The monoisotopic (exact) mass is 290 g/mol. The molecule has 6 heteroatoms. The Morgan fingerprint density at radius 1 is 1.14 bits per heavy atom. The average Bonchev–Trinajstić information content (AvgIpc) is 2.96. The van der Waals surface area contributed by atoms with Crippen LogP contribution >= 0.6 is 0 Å². The number of amides is 3. The van der Waals surface area contributed by atoms with Crippen molar-refractivity contribution in [2.24, 2.45) is 5.73 Å². The van der Waals surface area contributed by atoms with E-state index in [1.165, 1.54) is 0 Å². The fourth-order valence-corrected chi connectivity index (χ4v) is 2.79. The van der Waals surface area contributed by atoms with Crippen LogP contribution in [0.3, 0.4) is 0 Å². The highest BCUT2D eigenvalue weighted by Crippen LogP contribution is 2.42. The molecule has 1 fully saturated rings. The third-order valence-corrected chi connectivity index (χ3v) is 3.77. The molecular weight excluding hydrogens is 272 g/mol. The predicted octanol–water partition coefficient (Wildman–Crippen LogP) is 1.24. The van der Waals surface area contributed by atoms with Crippen molar-refractivity contribution < 1.29 is 19.1 Å². The van der Waals surface area contributed by atoms with Crippen LogP contribution in [-0.4, -0.2) is 24.5 Å². The maximum absolute atomic E-state index is 12.4. The van der Waals surface area contributed by atoms with Gasteiger partial charge in [-0.2, -0.15) is 0 Å². The molecule has 0 bridgehead atoms. The molecule has 0 atom stereocenters. The zero-order chi connectivity index (χ0) is 15.3. The minimum absolute atomic E-state index is 0.425. The van der Waals surface area contributed by atoms with Crippen molar-refractivity contribution in [1.29, 1.82) is 0 Å². The SMILES string of the molecule is NC(=O)NC(=O)COC(=O)C1(c2ccccc2)CCCC1. The van der Waals surface area contributed by atoms with Gasteiger partial charge in [-0.05, 0) is 18.4 Å². The van der Waals surface area contributed by atoms with Crippen molar-refractivity contribution in [3.63, 3.8) is 0 Å². The first-order valence-electron chi connectivity index (χ1n) is 6.87. The second-order valence-electron chi connectivity index (χ2n) is 5.14. The van der Waals surface area contributed by atoms with E-state index in [0.29, 0.717) is 12.8 Å². The highest BCUT2D eigenvalue weighted by atomic mass is 16.5. The number of hydrogen-bond donors (Lipinski definition) is 2. The zero-order valence-electron chi connectivity index (χ0n) is 11.6. The highest BCUT2D eigenvalue weighted by molar-refractivity contribution is 5.95. The largest absolute Gasteiger partial charge is 0.455 e. The van der Waals surface area contributed by atoms with Crippen LogP contribution in [0.5, 0.6) is 0 Å². The standard InChI is InChI=1S/C15H18N2O4/c16-14(20)17-12(18)10-21-13(19)15(8-4-5-9-15)11-6-2-1-3-7-11/h1-3,6-7H,4-5,8-10H2,(H3,16,17,18,20). The third-order valence-electron chi connectivity index (χ3n) is 3.77. The van der Waals surface area contributed by atoms with E-state index < -0.39 is 29.9 Å². The molecule has 2 rings (SSSR count). The second-order valence-corrected chi connectivity index (χ2v) is 5.14. The van der Waals surface area contributed by atoms with Gasteiger partial charge in [0.2, 0.25) is 0 Å². The lowest BCUT2D eigenvalue weighted by molar-refractivity contribution is -0.154. The van der Waals surface area contributed by atoms with E-state index in [2.05, 4.69) is 0 Å². The van der Waals surface area contributed by atoms with Crippen molar-refractivity contribution in [3.05, 3.63) is 35.9 Å². The topological polar surface area (TPSA) is 98.5 Å². The number of hydrogen-bond acceptors (Lipinski definition) is 4. The normalized spacial score (nSPS) is 16.2. The van der Waals surface area contributed by atoms with E-state index >= 15 is 0 Å². The number of carbonyl (C=O) groups excluding carboxylic acids is 3. The Morgan fingerprint density at radius 2 is 1.76 bits per heavy atom. The first-order valence-corrected chi connectivity index (χ1v) is 6.87. The summed E-state index contributed by atoms with van der Waals surface area (Å²) in [6.07, 6.45) is 3.29. The summed E-state index contributed by atoms with van der Waals surface area (Å²) in [5.41, 5.74) is 5.05. The number of benzene rings is 1. The molecule has 1 aliphatic carbocycles. The van der Waals surface area contributed by atoms with Crippen molar-refractivity contribution in [3.8, 4) is 0 Å². The van der Waals surface area contributed by atoms with E-state index in [1.807, 2.05) is 35.6 Å². The first-order chi connectivity index (χ1) is 10.0. The van der Waals surface area contributed by atoms with Crippen molar-refractivity contribution in [2.45, 2.75) is 31.1 Å². The molecule has 1 aliphatic rings. The molecule has 21 heavy (non-hydrogen) atoms. The van der Waals surface area contributed by atoms with Gasteiger partial charge in [0.05, 0.1) is 5.41 Å². The Balaban J connectivity index is 2.07. The summed E-state index contributed by atoms with van der Waals surface area (Å²) in [4.78, 5) is 34.3. The molecule has 0 saturated heterocycles. The Hall–Kier alpha value is -2.37. The Kier molecular flexibility index (Phi) is 4.57. The summed E-state index contributed by atoms with van der Waals surface area (Å²) >= 11 is 0. The van der Waals surface area contributed by atoms with Crippen LogP contribution in [0.15, 0.2) is 30.3 Å².